The summed E-state index contributed by atoms with van der Waals surface area (Å²) in [7, 11) is -1.37. The fourth-order valence-corrected chi connectivity index (χ4v) is 2.43. The van der Waals surface area contributed by atoms with E-state index in [1.165, 1.54) is 26.3 Å². The highest BCUT2D eigenvalue weighted by atomic mass is 32.2. The van der Waals surface area contributed by atoms with Crippen molar-refractivity contribution in [2.75, 3.05) is 20.7 Å². The van der Waals surface area contributed by atoms with Crippen LogP contribution >= 0.6 is 0 Å². The number of sulfonamides is 1. The number of pyridine rings is 1. The summed E-state index contributed by atoms with van der Waals surface area (Å²) in [5.74, 6) is -1.76. The first kappa shape index (κ1) is 16.1. The van der Waals surface area contributed by atoms with Gasteiger partial charge in [-0.2, -0.15) is 0 Å². The second kappa shape index (κ2) is 6.44. The molecule has 0 aliphatic heterocycles. The third-order valence-corrected chi connectivity index (χ3v) is 4.32. The summed E-state index contributed by atoms with van der Waals surface area (Å²) in [6.07, 6.45) is 0.724. The van der Waals surface area contributed by atoms with Crippen LogP contribution in [0.4, 0.5) is 0 Å². The number of carboxylic acid groups (broad SMARTS) is 1. The molecular weight excluding hydrogens is 288 g/mol. The monoisotopic (exact) mass is 302 g/mol. The van der Waals surface area contributed by atoms with Gasteiger partial charge in [-0.15, -0.1) is 0 Å². The molecule has 0 unspecified atom stereocenters. The lowest BCUT2D eigenvalue weighted by Gasteiger charge is -2.15. The third kappa shape index (κ3) is 3.75. The number of nitrogens with zero attached hydrogens (tertiary/aromatic N) is 2. The van der Waals surface area contributed by atoms with Crippen molar-refractivity contribution < 1.29 is 27.9 Å². The number of aromatic nitrogens is 1. The van der Waals surface area contributed by atoms with Gasteiger partial charge in [-0.25, -0.2) is 22.5 Å². The van der Waals surface area contributed by atoms with Crippen molar-refractivity contribution in [1.82, 2.24) is 9.29 Å². The first-order valence-corrected chi connectivity index (χ1v) is 6.95. The topological polar surface area (TPSA) is 114 Å². The molecular formula is C11H14N2O6S. The number of hydrogen-bond donors (Lipinski definition) is 1. The maximum atomic E-state index is 12.1. The Balaban J connectivity index is 2.92. The molecule has 0 radical (unpaired) electrons. The summed E-state index contributed by atoms with van der Waals surface area (Å²) in [6.45, 7) is -0.156. The van der Waals surface area contributed by atoms with Crippen LogP contribution < -0.4 is 0 Å². The number of carbonyl (C=O) groups is 2. The summed E-state index contributed by atoms with van der Waals surface area (Å²) >= 11 is 0. The van der Waals surface area contributed by atoms with Crippen molar-refractivity contribution in [3.8, 4) is 0 Å². The first-order chi connectivity index (χ1) is 9.28. The van der Waals surface area contributed by atoms with E-state index >= 15 is 0 Å². The van der Waals surface area contributed by atoms with E-state index in [9.17, 15) is 18.0 Å². The van der Waals surface area contributed by atoms with E-state index in [1.807, 2.05) is 0 Å². The van der Waals surface area contributed by atoms with Crippen LogP contribution in [-0.2, 0) is 19.6 Å². The summed E-state index contributed by atoms with van der Waals surface area (Å²) in [5, 5.41) is 8.54. The molecule has 1 heterocycles. The smallest absolute Gasteiger partial charge is 0.356 e. The fourth-order valence-electron chi connectivity index (χ4n) is 1.31. The average molecular weight is 302 g/mol. The largest absolute Gasteiger partial charge is 0.481 e. The zero-order valence-corrected chi connectivity index (χ0v) is 11.8. The van der Waals surface area contributed by atoms with Gasteiger partial charge in [-0.05, 0) is 12.1 Å². The van der Waals surface area contributed by atoms with Crippen molar-refractivity contribution in [2.24, 2.45) is 0 Å². The van der Waals surface area contributed by atoms with E-state index < -0.39 is 22.0 Å². The van der Waals surface area contributed by atoms with Gasteiger partial charge >= 0.3 is 11.9 Å². The van der Waals surface area contributed by atoms with Gasteiger partial charge in [0.05, 0.1) is 13.5 Å². The molecule has 1 rings (SSSR count). The number of aliphatic carboxylic acids is 1. The quantitative estimate of drug-likeness (QED) is 0.733. The number of rotatable bonds is 6. The molecule has 0 saturated heterocycles. The Morgan fingerprint density at radius 1 is 1.40 bits per heavy atom. The molecule has 20 heavy (non-hydrogen) atoms. The van der Waals surface area contributed by atoms with E-state index in [0.717, 1.165) is 10.5 Å². The molecule has 9 heteroatoms. The Morgan fingerprint density at radius 2 is 2.05 bits per heavy atom. The summed E-state index contributed by atoms with van der Waals surface area (Å²) in [6, 6.07) is 2.44. The zero-order chi connectivity index (χ0) is 15.3. The predicted octanol–water partition coefficient (Wildman–Crippen LogP) is -0.0366. The molecule has 1 aromatic rings. The van der Waals surface area contributed by atoms with Crippen LogP contribution in [0.1, 0.15) is 16.9 Å². The molecule has 1 N–H and O–H groups in total. The molecule has 0 fully saturated rings. The molecule has 1 aromatic heterocycles. The molecule has 8 nitrogen and oxygen atoms in total. The molecule has 0 bridgehead atoms. The lowest BCUT2D eigenvalue weighted by molar-refractivity contribution is -0.137. The van der Waals surface area contributed by atoms with Gasteiger partial charge in [0.15, 0.2) is 0 Å². The van der Waals surface area contributed by atoms with Crippen LogP contribution in [0.5, 0.6) is 0 Å². The highest BCUT2D eigenvalue weighted by Crippen LogP contribution is 2.14. The Hall–Kier alpha value is -2.00. The minimum atomic E-state index is -3.83. The maximum Gasteiger partial charge on any atom is 0.356 e. The van der Waals surface area contributed by atoms with Crippen molar-refractivity contribution in [3.63, 3.8) is 0 Å². The second-order valence-electron chi connectivity index (χ2n) is 3.84. The van der Waals surface area contributed by atoms with Gasteiger partial charge in [0.25, 0.3) is 0 Å². The summed E-state index contributed by atoms with van der Waals surface area (Å²) in [5.41, 5.74) is -0.0142. The molecule has 0 aliphatic rings. The molecule has 110 valence electrons. The van der Waals surface area contributed by atoms with Crippen molar-refractivity contribution in [1.29, 1.82) is 0 Å². The Morgan fingerprint density at radius 3 is 2.50 bits per heavy atom. The van der Waals surface area contributed by atoms with E-state index in [4.69, 9.17) is 5.11 Å². The van der Waals surface area contributed by atoms with Crippen LogP contribution in [0.2, 0.25) is 0 Å². The number of hydrogen-bond acceptors (Lipinski definition) is 6. The Labute approximate surface area is 116 Å². The Kier molecular flexibility index (Phi) is 5.17. The molecule has 0 saturated carbocycles. The summed E-state index contributed by atoms with van der Waals surface area (Å²) in [4.78, 5) is 25.2. The predicted molar refractivity (Wildman–Crippen MR) is 67.6 cm³/mol. The van der Waals surface area contributed by atoms with Crippen molar-refractivity contribution in [3.05, 3.63) is 24.0 Å². The van der Waals surface area contributed by atoms with Gasteiger partial charge in [0.2, 0.25) is 10.0 Å². The third-order valence-electron chi connectivity index (χ3n) is 2.48. The normalized spacial score (nSPS) is 11.3. The van der Waals surface area contributed by atoms with E-state index in [0.29, 0.717) is 0 Å². The highest BCUT2D eigenvalue weighted by Gasteiger charge is 2.22. The van der Waals surface area contributed by atoms with E-state index in [-0.39, 0.29) is 23.6 Å². The standard InChI is InChI=1S/C11H14N2O6S/c1-13(6-5-10(14)15)20(17,18)8-3-4-9(12-7-8)11(16)19-2/h3-4,7H,5-6H2,1-2H3,(H,14,15). The molecule has 0 aromatic carbocycles. The maximum absolute atomic E-state index is 12.1. The SMILES string of the molecule is COC(=O)c1ccc(S(=O)(=O)N(C)CCC(=O)O)cn1. The number of ether oxygens (including phenoxy) is 1. The molecule has 0 aliphatic carbocycles. The van der Waals surface area contributed by atoms with Crippen LogP contribution in [0, 0.1) is 0 Å². The molecule has 0 spiro atoms. The Bertz CT molecular complexity index is 596. The summed E-state index contributed by atoms with van der Waals surface area (Å²) < 4.78 is 29.5. The van der Waals surface area contributed by atoms with Gasteiger partial charge in [0, 0.05) is 19.8 Å². The van der Waals surface area contributed by atoms with Crippen LogP contribution in [0.15, 0.2) is 23.2 Å². The van der Waals surface area contributed by atoms with Crippen molar-refractivity contribution in [2.45, 2.75) is 11.3 Å². The number of methoxy groups -OCH3 is 1. The van der Waals surface area contributed by atoms with Gasteiger partial charge in [-0.3, -0.25) is 4.79 Å². The van der Waals surface area contributed by atoms with E-state index in [1.54, 1.807) is 0 Å². The number of carboxylic acids is 1. The zero-order valence-electron chi connectivity index (χ0n) is 10.9. The highest BCUT2D eigenvalue weighted by molar-refractivity contribution is 7.89. The first-order valence-electron chi connectivity index (χ1n) is 5.51. The van der Waals surface area contributed by atoms with Crippen LogP contribution in [-0.4, -0.2) is 55.5 Å². The van der Waals surface area contributed by atoms with Gasteiger partial charge < -0.3 is 9.84 Å². The fraction of sp³-hybridized carbons (Fsp3) is 0.364. The van der Waals surface area contributed by atoms with Gasteiger partial charge in [-0.1, -0.05) is 0 Å². The lowest BCUT2D eigenvalue weighted by Crippen LogP contribution is -2.29. The van der Waals surface area contributed by atoms with Crippen LogP contribution in [0.3, 0.4) is 0 Å². The van der Waals surface area contributed by atoms with E-state index in [2.05, 4.69) is 9.72 Å². The van der Waals surface area contributed by atoms with Gasteiger partial charge in [0.1, 0.15) is 10.6 Å². The number of esters is 1. The second-order valence-corrected chi connectivity index (χ2v) is 5.89. The number of carbonyl (C=O) groups excluding carboxylic acids is 1. The lowest BCUT2D eigenvalue weighted by atomic mass is 10.3. The minimum absolute atomic E-state index is 0.0142. The molecule has 0 atom stereocenters. The minimum Gasteiger partial charge on any atom is -0.481 e. The van der Waals surface area contributed by atoms with Crippen LogP contribution in [0.25, 0.3) is 0 Å². The van der Waals surface area contributed by atoms with Crippen molar-refractivity contribution >= 4 is 22.0 Å². The average Bonchev–Trinajstić information content (AvgIpc) is 2.43. The molecule has 0 amide bonds.